The van der Waals surface area contributed by atoms with Gasteiger partial charge in [-0.1, -0.05) is 11.6 Å². The van der Waals surface area contributed by atoms with Gasteiger partial charge in [0.1, 0.15) is 17.2 Å². The van der Waals surface area contributed by atoms with E-state index in [1.165, 1.54) is 6.92 Å². The van der Waals surface area contributed by atoms with Gasteiger partial charge in [0.25, 0.3) is 0 Å². The second kappa shape index (κ2) is 7.17. The lowest BCUT2D eigenvalue weighted by Crippen LogP contribution is -2.10. The van der Waals surface area contributed by atoms with Gasteiger partial charge in [-0.2, -0.15) is 0 Å². The lowest BCUT2D eigenvalue weighted by atomic mass is 10.0. The molecule has 0 atom stereocenters. The standard InChI is InChI=1S/C18H19ClO4S2/c1-10(20)23-15-8-11(18(2)24-5-6-25-18)7-12-14(21-3)9-13(19)17(22-4)16(12)15/h7-9H,5-6H2,1-4H3. The summed E-state index contributed by atoms with van der Waals surface area (Å²) >= 11 is 10.1. The number of hydrogen-bond acceptors (Lipinski definition) is 6. The first-order chi connectivity index (χ1) is 11.9. The molecule has 0 radical (unpaired) electrons. The largest absolute Gasteiger partial charge is 0.496 e. The smallest absolute Gasteiger partial charge is 0.308 e. The Bertz CT molecular complexity index is 832. The molecule has 0 bridgehead atoms. The quantitative estimate of drug-likeness (QED) is 0.528. The molecule has 0 N–H and O–H groups in total. The summed E-state index contributed by atoms with van der Waals surface area (Å²) in [4.78, 5) is 11.7. The van der Waals surface area contributed by atoms with E-state index in [1.807, 2.05) is 29.6 Å². The molecule has 25 heavy (non-hydrogen) atoms. The van der Waals surface area contributed by atoms with E-state index in [0.717, 1.165) is 22.5 Å². The van der Waals surface area contributed by atoms with Gasteiger partial charge in [-0.05, 0) is 24.6 Å². The van der Waals surface area contributed by atoms with Crippen LogP contribution in [-0.4, -0.2) is 31.7 Å². The normalized spacial score (nSPS) is 16.0. The van der Waals surface area contributed by atoms with Crippen LogP contribution in [0, 0.1) is 0 Å². The molecule has 1 aliphatic rings. The fourth-order valence-electron chi connectivity index (χ4n) is 2.97. The molecule has 1 saturated heterocycles. The number of ether oxygens (including phenoxy) is 3. The van der Waals surface area contributed by atoms with E-state index in [2.05, 4.69) is 13.0 Å². The van der Waals surface area contributed by atoms with Crippen LogP contribution in [0.25, 0.3) is 10.8 Å². The van der Waals surface area contributed by atoms with Gasteiger partial charge >= 0.3 is 5.97 Å². The lowest BCUT2D eigenvalue weighted by Gasteiger charge is -2.25. The number of fused-ring (bicyclic) bond motifs is 1. The average Bonchev–Trinajstić information content (AvgIpc) is 3.01. The summed E-state index contributed by atoms with van der Waals surface area (Å²) in [5.41, 5.74) is 1.08. The van der Waals surface area contributed by atoms with Crippen LogP contribution < -0.4 is 14.2 Å². The fourth-order valence-corrected chi connectivity index (χ4v) is 6.09. The van der Waals surface area contributed by atoms with E-state index in [9.17, 15) is 4.79 Å². The number of carbonyl (C=O) groups is 1. The number of thioether (sulfide) groups is 2. The molecule has 2 aromatic carbocycles. The highest BCUT2D eigenvalue weighted by Gasteiger charge is 2.34. The van der Waals surface area contributed by atoms with Crippen molar-refractivity contribution >= 4 is 51.9 Å². The van der Waals surface area contributed by atoms with E-state index in [4.69, 9.17) is 25.8 Å². The summed E-state index contributed by atoms with van der Waals surface area (Å²) in [6, 6.07) is 5.71. The molecule has 1 fully saturated rings. The Kier molecular flexibility index (Phi) is 5.32. The molecule has 0 amide bonds. The lowest BCUT2D eigenvalue weighted by molar-refractivity contribution is -0.131. The molecule has 3 rings (SSSR count). The first-order valence-corrected chi connectivity index (χ1v) is 10.1. The summed E-state index contributed by atoms with van der Waals surface area (Å²) in [7, 11) is 3.14. The maximum atomic E-state index is 11.7. The maximum absolute atomic E-state index is 11.7. The number of carbonyl (C=O) groups excluding carboxylic acids is 1. The predicted octanol–water partition coefficient (Wildman–Crippen LogP) is 5.09. The van der Waals surface area contributed by atoms with Crippen molar-refractivity contribution in [2.45, 2.75) is 17.9 Å². The van der Waals surface area contributed by atoms with Gasteiger partial charge in [-0.15, -0.1) is 23.5 Å². The average molecular weight is 399 g/mol. The van der Waals surface area contributed by atoms with Crippen molar-refractivity contribution in [2.75, 3.05) is 25.7 Å². The Morgan fingerprint density at radius 1 is 1.12 bits per heavy atom. The van der Waals surface area contributed by atoms with Gasteiger partial charge in [0, 0.05) is 29.9 Å². The number of rotatable bonds is 4. The number of halogens is 1. The Morgan fingerprint density at radius 2 is 1.80 bits per heavy atom. The molecule has 134 valence electrons. The van der Waals surface area contributed by atoms with Crippen LogP contribution in [0.4, 0.5) is 0 Å². The third-order valence-corrected chi connectivity index (χ3v) is 7.75. The zero-order valence-electron chi connectivity index (χ0n) is 14.5. The molecule has 7 heteroatoms. The number of methoxy groups -OCH3 is 2. The van der Waals surface area contributed by atoms with E-state index >= 15 is 0 Å². The maximum Gasteiger partial charge on any atom is 0.308 e. The summed E-state index contributed by atoms with van der Waals surface area (Å²) < 4.78 is 16.4. The minimum absolute atomic E-state index is 0.0963. The van der Waals surface area contributed by atoms with Crippen molar-refractivity contribution in [3.8, 4) is 17.2 Å². The molecule has 2 aromatic rings. The van der Waals surface area contributed by atoms with Crippen molar-refractivity contribution in [1.82, 2.24) is 0 Å². The molecule has 4 nitrogen and oxygen atoms in total. The van der Waals surface area contributed by atoms with Crippen molar-refractivity contribution in [2.24, 2.45) is 0 Å². The van der Waals surface area contributed by atoms with Gasteiger partial charge in [-0.3, -0.25) is 4.79 Å². The number of esters is 1. The third-order valence-electron chi connectivity index (χ3n) is 4.11. The van der Waals surface area contributed by atoms with Crippen LogP contribution >= 0.6 is 35.1 Å². The van der Waals surface area contributed by atoms with Crippen LogP contribution in [0.1, 0.15) is 19.4 Å². The third kappa shape index (κ3) is 3.39. The second-order valence-electron chi connectivity index (χ2n) is 5.73. The Morgan fingerprint density at radius 3 is 2.36 bits per heavy atom. The molecular formula is C18H19ClO4S2. The molecule has 1 heterocycles. The summed E-state index contributed by atoms with van der Waals surface area (Å²) in [6.45, 7) is 3.57. The zero-order chi connectivity index (χ0) is 18.2. The van der Waals surface area contributed by atoms with Gasteiger partial charge < -0.3 is 14.2 Å². The minimum Gasteiger partial charge on any atom is -0.496 e. The van der Waals surface area contributed by atoms with E-state index in [0.29, 0.717) is 27.7 Å². The van der Waals surface area contributed by atoms with Gasteiger partial charge in [0.15, 0.2) is 0 Å². The Balaban J connectivity index is 2.36. The van der Waals surface area contributed by atoms with Gasteiger partial charge in [0.05, 0.1) is 28.7 Å². The number of hydrogen-bond donors (Lipinski definition) is 0. The summed E-state index contributed by atoms with van der Waals surface area (Å²) in [5.74, 6) is 3.31. The van der Waals surface area contributed by atoms with Gasteiger partial charge in [0.2, 0.25) is 0 Å². The molecule has 0 aromatic heterocycles. The molecule has 0 unspecified atom stereocenters. The van der Waals surface area contributed by atoms with Crippen LogP contribution in [0.2, 0.25) is 5.02 Å². The molecule has 1 aliphatic heterocycles. The van der Waals surface area contributed by atoms with Crippen molar-refractivity contribution < 1.29 is 19.0 Å². The van der Waals surface area contributed by atoms with E-state index in [-0.39, 0.29) is 4.08 Å². The van der Waals surface area contributed by atoms with Crippen LogP contribution in [0.5, 0.6) is 17.2 Å². The fraction of sp³-hybridized carbons (Fsp3) is 0.389. The van der Waals surface area contributed by atoms with E-state index < -0.39 is 5.97 Å². The topological polar surface area (TPSA) is 44.8 Å². The molecule has 0 saturated carbocycles. The highest BCUT2D eigenvalue weighted by Crippen LogP contribution is 2.54. The number of benzene rings is 2. The zero-order valence-corrected chi connectivity index (χ0v) is 16.9. The van der Waals surface area contributed by atoms with Crippen molar-refractivity contribution in [3.63, 3.8) is 0 Å². The highest BCUT2D eigenvalue weighted by molar-refractivity contribution is 8.20. The monoisotopic (exact) mass is 398 g/mol. The summed E-state index contributed by atoms with van der Waals surface area (Å²) in [6.07, 6.45) is 0. The van der Waals surface area contributed by atoms with Crippen LogP contribution in [0.15, 0.2) is 18.2 Å². The van der Waals surface area contributed by atoms with Gasteiger partial charge in [-0.25, -0.2) is 0 Å². The molecule has 0 aliphatic carbocycles. The first-order valence-electron chi connectivity index (χ1n) is 7.74. The van der Waals surface area contributed by atoms with Crippen LogP contribution in [-0.2, 0) is 8.87 Å². The first kappa shape index (κ1) is 18.5. The predicted molar refractivity (Wildman–Crippen MR) is 106 cm³/mol. The summed E-state index contributed by atoms with van der Waals surface area (Å²) in [5, 5.41) is 1.86. The SMILES string of the molecule is COc1cc(Cl)c(OC)c2c(OC(C)=O)cc(C3(C)SCCS3)cc12. The van der Waals surface area contributed by atoms with Crippen molar-refractivity contribution in [3.05, 3.63) is 28.8 Å². The Hall–Kier alpha value is -1.24. The van der Waals surface area contributed by atoms with Crippen molar-refractivity contribution in [1.29, 1.82) is 0 Å². The highest BCUT2D eigenvalue weighted by atomic mass is 35.5. The Labute approximate surface area is 160 Å². The van der Waals surface area contributed by atoms with E-state index in [1.54, 1.807) is 20.3 Å². The second-order valence-corrected chi connectivity index (χ2v) is 9.42. The van der Waals surface area contributed by atoms with Crippen LogP contribution in [0.3, 0.4) is 0 Å². The minimum atomic E-state index is -0.392. The molecular weight excluding hydrogens is 380 g/mol. The molecule has 0 spiro atoms.